The molecule has 3 heteroatoms. The van der Waals surface area contributed by atoms with Crippen molar-refractivity contribution >= 4 is 9.76 Å². The lowest BCUT2D eigenvalue weighted by atomic mass is 10.9. The van der Waals surface area contributed by atoms with Gasteiger partial charge in [-0.05, 0) is 21.0 Å². The Kier molecular flexibility index (Phi) is 5.37. The van der Waals surface area contributed by atoms with Crippen molar-refractivity contribution in [1.82, 2.24) is 4.90 Å². The zero-order valence-corrected chi connectivity index (χ0v) is 7.39. The molecular weight excluding hydrogens is 118 g/mol. The molecule has 0 saturated heterocycles. The molecule has 0 rings (SSSR count). The van der Waals surface area contributed by atoms with Gasteiger partial charge in [0.15, 0.2) is 9.76 Å². The molecule has 2 nitrogen and oxygen atoms in total. The summed E-state index contributed by atoms with van der Waals surface area (Å²) in [6, 6.07) is 0. The first kappa shape index (κ1) is 8.14. The molecule has 0 aromatic rings. The molecule has 0 N–H and O–H groups in total. The summed E-state index contributed by atoms with van der Waals surface area (Å²) in [6.45, 7) is 2.93. The summed E-state index contributed by atoms with van der Waals surface area (Å²) < 4.78 is 5.24. The van der Waals surface area contributed by atoms with Crippen LogP contribution in [-0.4, -0.2) is 41.5 Å². The van der Waals surface area contributed by atoms with E-state index in [1.165, 1.54) is 0 Å². The monoisotopic (exact) mass is 133 g/mol. The third kappa shape index (κ3) is 6.14. The highest BCUT2D eigenvalue weighted by atomic mass is 28.2. The molecule has 0 amide bonds. The largest absolute Gasteiger partial charge is 0.423 e. The van der Waals surface area contributed by atoms with E-state index in [-0.39, 0.29) is 9.76 Å². The molecule has 0 unspecified atom stereocenters. The minimum atomic E-state index is -0.210. The summed E-state index contributed by atoms with van der Waals surface area (Å²) in [5, 5.41) is 0. The molecule has 0 radical (unpaired) electrons. The Morgan fingerprint density at radius 2 is 2.12 bits per heavy atom. The molecule has 0 aromatic heterocycles. The van der Waals surface area contributed by atoms with Crippen LogP contribution in [0.4, 0.5) is 0 Å². The van der Waals surface area contributed by atoms with Gasteiger partial charge in [0.1, 0.15) is 0 Å². The van der Waals surface area contributed by atoms with Crippen LogP contribution in [0.25, 0.3) is 0 Å². The number of rotatable bonds is 4. The first-order valence-electron chi connectivity index (χ1n) is 3.00. The first-order valence-corrected chi connectivity index (χ1v) is 4.57. The van der Waals surface area contributed by atoms with Gasteiger partial charge in [-0.2, -0.15) is 0 Å². The Labute approximate surface area is 53.8 Å². The van der Waals surface area contributed by atoms with Crippen molar-refractivity contribution in [2.24, 2.45) is 0 Å². The molecule has 50 valence electrons. The second kappa shape index (κ2) is 5.28. The third-order valence-corrected chi connectivity index (χ3v) is 2.66. The van der Waals surface area contributed by atoms with Gasteiger partial charge in [-0.3, -0.25) is 0 Å². The minimum absolute atomic E-state index is 0.210. The molecule has 0 aromatic carbocycles. The minimum Gasteiger partial charge on any atom is -0.423 e. The fraction of sp³-hybridized carbons (Fsp3) is 1.00. The van der Waals surface area contributed by atoms with Crippen LogP contribution in [0.3, 0.4) is 0 Å². The summed E-state index contributed by atoms with van der Waals surface area (Å²) in [5.74, 6) is 0. The number of hydrogen-bond donors (Lipinski definition) is 0. The lowest BCUT2D eigenvalue weighted by Gasteiger charge is -2.06. The van der Waals surface area contributed by atoms with Crippen molar-refractivity contribution in [3.05, 3.63) is 0 Å². The van der Waals surface area contributed by atoms with E-state index in [2.05, 4.69) is 19.0 Å². The van der Waals surface area contributed by atoms with Crippen LogP contribution in [0.5, 0.6) is 0 Å². The molecule has 0 heterocycles. The van der Waals surface area contributed by atoms with E-state index in [1.54, 1.807) is 0 Å². The van der Waals surface area contributed by atoms with E-state index >= 15 is 0 Å². The lowest BCUT2D eigenvalue weighted by molar-refractivity contribution is 0.341. The second-order valence-corrected chi connectivity index (χ2v) is 3.26. The van der Waals surface area contributed by atoms with Gasteiger partial charge in [0, 0.05) is 12.8 Å². The van der Waals surface area contributed by atoms with Crippen LogP contribution in [-0.2, 0) is 4.43 Å². The van der Waals surface area contributed by atoms with Crippen molar-refractivity contribution in [3.8, 4) is 0 Å². The summed E-state index contributed by atoms with van der Waals surface area (Å²) in [6.07, 6.45) is 1.16. The predicted molar refractivity (Wildman–Crippen MR) is 38.7 cm³/mol. The Morgan fingerprint density at radius 1 is 1.50 bits per heavy atom. The Balaban J connectivity index is 2.72. The third-order valence-electron chi connectivity index (χ3n) is 0.887. The van der Waals surface area contributed by atoms with Gasteiger partial charge in [0.2, 0.25) is 0 Å². The van der Waals surface area contributed by atoms with Gasteiger partial charge in [0.05, 0.1) is 0 Å². The molecule has 0 aliphatic heterocycles. The topological polar surface area (TPSA) is 12.5 Å². The highest BCUT2D eigenvalue weighted by Gasteiger charge is 1.87. The predicted octanol–water partition coefficient (Wildman–Crippen LogP) is -0.374. The maximum atomic E-state index is 5.24. The number of nitrogens with zero attached hydrogens (tertiary/aromatic N) is 1. The average molecular weight is 133 g/mol. The fourth-order valence-corrected chi connectivity index (χ4v) is 1.17. The second-order valence-electron chi connectivity index (χ2n) is 2.00. The van der Waals surface area contributed by atoms with Crippen LogP contribution >= 0.6 is 0 Å². The maximum absolute atomic E-state index is 5.24. The van der Waals surface area contributed by atoms with Crippen molar-refractivity contribution in [2.45, 2.75) is 6.92 Å². The summed E-state index contributed by atoms with van der Waals surface area (Å²) in [5.41, 5.74) is 0. The summed E-state index contributed by atoms with van der Waals surface area (Å²) in [7, 11) is 3.94. The molecule has 0 fully saturated rings. The normalized spacial score (nSPS) is 12.0. The molecule has 0 spiro atoms. The molecule has 0 aliphatic carbocycles. The lowest BCUT2D eigenvalue weighted by Crippen LogP contribution is -2.20. The zero-order chi connectivity index (χ0) is 6.41. The van der Waals surface area contributed by atoms with Gasteiger partial charge < -0.3 is 9.33 Å². The zero-order valence-electron chi connectivity index (χ0n) is 5.98. The van der Waals surface area contributed by atoms with Crippen molar-refractivity contribution in [3.63, 3.8) is 0 Å². The smallest absolute Gasteiger partial charge is 0.175 e. The van der Waals surface area contributed by atoms with Gasteiger partial charge in [0.25, 0.3) is 0 Å². The van der Waals surface area contributed by atoms with E-state index in [9.17, 15) is 0 Å². The molecule has 0 bridgehead atoms. The van der Waals surface area contributed by atoms with Crippen molar-refractivity contribution < 1.29 is 4.43 Å². The van der Waals surface area contributed by atoms with Gasteiger partial charge in [-0.1, -0.05) is 0 Å². The standard InChI is InChI=1S/C5H15NOSi/c1-4-7-8-5-6(2)3/h4-5,8H2,1-3H3. The van der Waals surface area contributed by atoms with Gasteiger partial charge in [-0.25, -0.2) is 0 Å². The van der Waals surface area contributed by atoms with Crippen molar-refractivity contribution in [1.29, 1.82) is 0 Å². The van der Waals surface area contributed by atoms with Crippen LogP contribution in [0.15, 0.2) is 0 Å². The Morgan fingerprint density at radius 3 is 2.50 bits per heavy atom. The Bertz CT molecular complexity index is 49.7. The van der Waals surface area contributed by atoms with Crippen LogP contribution in [0.2, 0.25) is 0 Å². The van der Waals surface area contributed by atoms with E-state index in [4.69, 9.17) is 4.43 Å². The van der Waals surface area contributed by atoms with Crippen LogP contribution in [0, 0.1) is 0 Å². The maximum Gasteiger partial charge on any atom is 0.175 e. The van der Waals surface area contributed by atoms with Gasteiger partial charge >= 0.3 is 0 Å². The van der Waals surface area contributed by atoms with Crippen LogP contribution in [0.1, 0.15) is 6.92 Å². The average Bonchev–Trinajstić information content (AvgIpc) is 1.66. The molecule has 0 saturated carbocycles. The fourth-order valence-electron chi connectivity index (χ4n) is 0.391. The highest BCUT2D eigenvalue weighted by Crippen LogP contribution is 1.72. The van der Waals surface area contributed by atoms with E-state index in [0.29, 0.717) is 0 Å². The van der Waals surface area contributed by atoms with Crippen molar-refractivity contribution in [2.75, 3.05) is 26.9 Å². The SMILES string of the molecule is CCO[SiH2]CN(C)C. The van der Waals surface area contributed by atoms with Crippen LogP contribution < -0.4 is 0 Å². The van der Waals surface area contributed by atoms with E-state index in [0.717, 1.165) is 12.8 Å². The summed E-state index contributed by atoms with van der Waals surface area (Å²) >= 11 is 0. The molecule has 0 atom stereocenters. The van der Waals surface area contributed by atoms with Gasteiger partial charge in [-0.15, -0.1) is 0 Å². The molecule has 0 aliphatic rings. The molecular formula is C5H15NOSi. The Hall–Kier alpha value is 0.137. The number of hydrogen-bond acceptors (Lipinski definition) is 2. The summed E-state index contributed by atoms with van der Waals surface area (Å²) in [4.78, 5) is 2.17. The quantitative estimate of drug-likeness (QED) is 0.383. The van der Waals surface area contributed by atoms with E-state index < -0.39 is 0 Å². The molecule has 8 heavy (non-hydrogen) atoms. The first-order chi connectivity index (χ1) is 3.77. The van der Waals surface area contributed by atoms with E-state index in [1.807, 2.05) is 6.92 Å². The highest BCUT2D eigenvalue weighted by molar-refractivity contribution is 6.27.